The van der Waals surface area contributed by atoms with Crippen LogP contribution in [0.15, 0.2) is 45.4 Å². The first kappa shape index (κ1) is 17.9. The highest BCUT2D eigenvalue weighted by Crippen LogP contribution is 2.34. The number of pyridine rings is 1. The molecule has 9 heteroatoms. The van der Waals surface area contributed by atoms with E-state index in [2.05, 4.69) is 14.9 Å². The van der Waals surface area contributed by atoms with E-state index in [0.717, 1.165) is 33.0 Å². The molecule has 0 radical (unpaired) electrons. The van der Waals surface area contributed by atoms with Gasteiger partial charge in [-0.05, 0) is 44.5 Å². The summed E-state index contributed by atoms with van der Waals surface area (Å²) in [5.74, 6) is 0.673. The number of aromatic nitrogens is 3. The maximum Gasteiger partial charge on any atom is 0.250 e. The summed E-state index contributed by atoms with van der Waals surface area (Å²) in [5, 5.41) is 3.93. The maximum absolute atomic E-state index is 12.7. The van der Waals surface area contributed by atoms with Gasteiger partial charge in [0.1, 0.15) is 15.6 Å². The van der Waals surface area contributed by atoms with Gasteiger partial charge in [-0.25, -0.2) is 18.1 Å². The third-order valence-electron chi connectivity index (χ3n) is 4.38. The predicted octanol–water partition coefficient (Wildman–Crippen LogP) is 3.45. The molecule has 0 unspecified atom stereocenters. The quantitative estimate of drug-likeness (QED) is 0.552. The number of nitrogens with one attached hydrogen (secondary N) is 1. The van der Waals surface area contributed by atoms with E-state index in [1.165, 1.54) is 11.3 Å². The highest BCUT2D eigenvalue weighted by atomic mass is 32.2. The van der Waals surface area contributed by atoms with Gasteiger partial charge in [-0.15, -0.1) is 11.3 Å². The van der Waals surface area contributed by atoms with E-state index >= 15 is 0 Å². The molecule has 27 heavy (non-hydrogen) atoms. The summed E-state index contributed by atoms with van der Waals surface area (Å²) in [6.45, 7) is 5.78. The number of fused-ring (bicyclic) bond motifs is 1. The summed E-state index contributed by atoms with van der Waals surface area (Å²) in [7, 11) is -3.63. The summed E-state index contributed by atoms with van der Waals surface area (Å²) in [6, 6.07) is 7.27. The number of hydrogen-bond acceptors (Lipinski definition) is 6. The third kappa shape index (κ3) is 3.18. The molecule has 0 saturated carbocycles. The fraction of sp³-hybridized carbons (Fsp3) is 0.222. The van der Waals surface area contributed by atoms with Crippen LogP contribution in [0.1, 0.15) is 22.7 Å². The Morgan fingerprint density at radius 1 is 1.22 bits per heavy atom. The largest absolute Gasteiger partial charge is 0.361 e. The van der Waals surface area contributed by atoms with Gasteiger partial charge in [0, 0.05) is 11.1 Å². The molecule has 0 atom stereocenters. The Bertz CT molecular complexity index is 1220. The Hall–Kier alpha value is -2.49. The first-order chi connectivity index (χ1) is 12.9. The Kier molecular flexibility index (Phi) is 4.37. The number of rotatable bonds is 5. The second-order valence-corrected chi connectivity index (χ2v) is 9.35. The van der Waals surface area contributed by atoms with E-state index < -0.39 is 10.0 Å². The minimum Gasteiger partial charge on any atom is -0.361 e. The molecule has 1 N–H and O–H groups in total. The maximum atomic E-state index is 12.7. The standard InChI is InChI=1S/C18H18N4O3S2/c1-11-5-4-8-22-14(9-19-18(11)22)10-20-27(23,24)16-7-6-15(26-16)17-12(2)21-25-13(17)3/h4-9,20H,10H2,1-3H3. The smallest absolute Gasteiger partial charge is 0.250 e. The molecule has 4 aromatic heterocycles. The molecule has 4 rings (SSSR count). The molecular formula is C18H18N4O3S2. The molecule has 0 spiro atoms. The zero-order valence-electron chi connectivity index (χ0n) is 15.1. The van der Waals surface area contributed by atoms with Crippen LogP contribution in [0.25, 0.3) is 16.1 Å². The van der Waals surface area contributed by atoms with Gasteiger partial charge in [0.2, 0.25) is 10.0 Å². The van der Waals surface area contributed by atoms with Crippen LogP contribution in [-0.4, -0.2) is 23.0 Å². The topological polar surface area (TPSA) is 89.5 Å². The number of thiophene rings is 1. The van der Waals surface area contributed by atoms with Crippen LogP contribution < -0.4 is 4.72 Å². The van der Waals surface area contributed by atoms with Gasteiger partial charge in [0.25, 0.3) is 0 Å². The lowest BCUT2D eigenvalue weighted by Gasteiger charge is -2.05. The lowest BCUT2D eigenvalue weighted by molar-refractivity contribution is 0.393. The monoisotopic (exact) mass is 402 g/mol. The molecule has 7 nitrogen and oxygen atoms in total. The summed E-state index contributed by atoms with van der Waals surface area (Å²) < 4.78 is 35.4. The van der Waals surface area contributed by atoms with Gasteiger partial charge in [-0.3, -0.25) is 0 Å². The molecule has 0 aliphatic carbocycles. The number of hydrogen-bond donors (Lipinski definition) is 1. The van der Waals surface area contributed by atoms with E-state index in [4.69, 9.17) is 4.52 Å². The van der Waals surface area contributed by atoms with Gasteiger partial charge in [-0.1, -0.05) is 11.2 Å². The molecule has 0 aliphatic heterocycles. The fourth-order valence-corrected chi connectivity index (χ4v) is 5.50. The van der Waals surface area contributed by atoms with Crippen LogP contribution in [0.4, 0.5) is 0 Å². The molecule has 140 valence electrons. The molecule has 0 bridgehead atoms. The molecule has 0 saturated heterocycles. The minimum atomic E-state index is -3.63. The van der Waals surface area contributed by atoms with Gasteiger partial charge < -0.3 is 8.92 Å². The minimum absolute atomic E-state index is 0.158. The zero-order valence-corrected chi connectivity index (χ0v) is 16.7. The molecule has 4 heterocycles. The summed E-state index contributed by atoms with van der Waals surface area (Å²) in [6.07, 6.45) is 3.56. The highest BCUT2D eigenvalue weighted by Gasteiger charge is 2.20. The SMILES string of the molecule is Cc1noc(C)c1-c1ccc(S(=O)(=O)NCc2cnc3c(C)cccn23)s1. The lowest BCUT2D eigenvalue weighted by atomic mass is 10.2. The van der Waals surface area contributed by atoms with E-state index in [1.54, 1.807) is 18.3 Å². The van der Waals surface area contributed by atoms with E-state index in [1.807, 2.05) is 43.5 Å². The Morgan fingerprint density at radius 2 is 2.04 bits per heavy atom. The highest BCUT2D eigenvalue weighted by molar-refractivity contribution is 7.91. The first-order valence-corrected chi connectivity index (χ1v) is 10.6. The summed E-state index contributed by atoms with van der Waals surface area (Å²) in [4.78, 5) is 5.18. The van der Waals surface area contributed by atoms with Crippen molar-refractivity contribution in [2.45, 2.75) is 31.5 Å². The molecule has 0 aromatic carbocycles. The third-order valence-corrected chi connectivity index (χ3v) is 7.37. The van der Waals surface area contributed by atoms with E-state index in [0.29, 0.717) is 5.76 Å². The lowest BCUT2D eigenvalue weighted by Crippen LogP contribution is -2.23. The van der Waals surface area contributed by atoms with Crippen LogP contribution >= 0.6 is 11.3 Å². The molecule has 0 aliphatic rings. The van der Waals surface area contributed by atoms with Crippen LogP contribution in [0.3, 0.4) is 0 Å². The van der Waals surface area contributed by atoms with Gasteiger partial charge in [-0.2, -0.15) is 0 Å². The first-order valence-electron chi connectivity index (χ1n) is 8.31. The van der Waals surface area contributed by atoms with Crippen molar-refractivity contribution in [3.63, 3.8) is 0 Å². The van der Waals surface area contributed by atoms with Crippen LogP contribution in [0.5, 0.6) is 0 Å². The number of nitrogens with zero attached hydrogens (tertiary/aromatic N) is 3. The van der Waals surface area contributed by atoms with Gasteiger partial charge in [0.15, 0.2) is 0 Å². The zero-order chi connectivity index (χ0) is 19.2. The Balaban J connectivity index is 1.58. The Labute approximate surface area is 160 Å². The van der Waals surface area contributed by atoms with Crippen LogP contribution in [-0.2, 0) is 16.6 Å². The molecule has 0 amide bonds. The van der Waals surface area contributed by atoms with Crippen molar-refractivity contribution in [3.8, 4) is 10.4 Å². The van der Waals surface area contributed by atoms with E-state index in [9.17, 15) is 8.42 Å². The van der Waals surface area contributed by atoms with Crippen molar-refractivity contribution in [1.82, 2.24) is 19.3 Å². The molecular weight excluding hydrogens is 384 g/mol. The Morgan fingerprint density at radius 3 is 2.78 bits per heavy atom. The van der Waals surface area contributed by atoms with Gasteiger partial charge in [0.05, 0.1) is 29.7 Å². The van der Waals surface area contributed by atoms with Crippen molar-refractivity contribution >= 4 is 27.0 Å². The summed E-state index contributed by atoms with van der Waals surface area (Å²) in [5.41, 5.74) is 4.23. The van der Waals surface area contributed by atoms with Crippen molar-refractivity contribution in [3.05, 3.63) is 59.4 Å². The molecule has 0 fully saturated rings. The van der Waals surface area contributed by atoms with Crippen molar-refractivity contribution in [1.29, 1.82) is 0 Å². The van der Waals surface area contributed by atoms with Crippen molar-refractivity contribution in [2.24, 2.45) is 0 Å². The fourth-order valence-electron chi connectivity index (χ4n) is 3.01. The van der Waals surface area contributed by atoms with Crippen molar-refractivity contribution < 1.29 is 12.9 Å². The second kappa shape index (κ2) is 6.59. The van der Waals surface area contributed by atoms with Gasteiger partial charge >= 0.3 is 0 Å². The average molecular weight is 403 g/mol. The number of imidazole rings is 1. The molecule has 4 aromatic rings. The predicted molar refractivity (Wildman–Crippen MR) is 103 cm³/mol. The average Bonchev–Trinajstić information content (AvgIpc) is 3.33. The van der Waals surface area contributed by atoms with Crippen LogP contribution in [0, 0.1) is 20.8 Å². The summed E-state index contributed by atoms with van der Waals surface area (Å²) >= 11 is 1.20. The van der Waals surface area contributed by atoms with E-state index in [-0.39, 0.29) is 10.8 Å². The van der Waals surface area contributed by atoms with Crippen molar-refractivity contribution in [2.75, 3.05) is 0 Å². The number of aryl methyl sites for hydroxylation is 3. The normalized spacial score (nSPS) is 12.1. The van der Waals surface area contributed by atoms with Crippen LogP contribution in [0.2, 0.25) is 0 Å². The second-order valence-electron chi connectivity index (χ2n) is 6.28. The number of sulfonamides is 1.